The number of hydrogen-bond donors (Lipinski definition) is 5. The van der Waals surface area contributed by atoms with Crippen molar-refractivity contribution < 1.29 is 29.4 Å². The van der Waals surface area contributed by atoms with Gasteiger partial charge in [0.05, 0.1) is 5.37 Å². The highest BCUT2D eigenvalue weighted by molar-refractivity contribution is 8.00. The van der Waals surface area contributed by atoms with Gasteiger partial charge in [-0.05, 0) is 12.2 Å². The molecule has 6 N–H and O–H groups in total. The standard InChI is InChI=1S/C13H17N5O6S2/c1-24-18-7(6-4-26-13(14)16-6)9(19)17-8(12(22)23)10-15-5(11(20)21)2-3-25-10/h4-5,8,10,15H,2-3H2,1H3,(H2,14,16)(H,17,19)(H,20,21)(H,22,23)/b18-7+/t5?,8-,10-/m0/s1. The zero-order valence-corrected chi connectivity index (χ0v) is 15.2. The maximum atomic E-state index is 12.5. The first-order chi connectivity index (χ1) is 12.3. The summed E-state index contributed by atoms with van der Waals surface area (Å²) in [6.07, 6.45) is 0.352. The number of rotatable bonds is 7. The lowest BCUT2D eigenvalue weighted by Gasteiger charge is -2.32. The molecule has 1 aromatic rings. The number of thiazole rings is 1. The average Bonchev–Trinajstić information content (AvgIpc) is 3.03. The molecule has 0 aliphatic carbocycles. The number of hydrogen-bond acceptors (Lipinski definition) is 10. The molecule has 1 unspecified atom stereocenters. The molecule has 1 fully saturated rings. The van der Waals surface area contributed by atoms with E-state index in [4.69, 9.17) is 10.8 Å². The molecule has 2 rings (SSSR count). The summed E-state index contributed by atoms with van der Waals surface area (Å²) in [5.74, 6) is -2.78. The van der Waals surface area contributed by atoms with Gasteiger partial charge in [0.15, 0.2) is 16.9 Å². The molecular formula is C13H17N5O6S2. The van der Waals surface area contributed by atoms with E-state index < -0.39 is 35.3 Å². The highest BCUT2D eigenvalue weighted by Gasteiger charge is 2.37. The lowest BCUT2D eigenvalue weighted by atomic mass is 10.2. The van der Waals surface area contributed by atoms with Gasteiger partial charge in [-0.1, -0.05) is 5.16 Å². The third-order valence-corrected chi connectivity index (χ3v) is 5.30. The maximum absolute atomic E-state index is 12.5. The first-order valence-corrected chi connectivity index (χ1v) is 9.23. The van der Waals surface area contributed by atoms with Crippen LogP contribution < -0.4 is 16.4 Å². The van der Waals surface area contributed by atoms with E-state index in [-0.39, 0.29) is 16.5 Å². The van der Waals surface area contributed by atoms with E-state index in [0.717, 1.165) is 11.3 Å². The van der Waals surface area contributed by atoms with Crippen LogP contribution in [0.3, 0.4) is 0 Å². The van der Waals surface area contributed by atoms with E-state index in [0.29, 0.717) is 12.2 Å². The Bertz CT molecular complexity index is 724. The molecule has 26 heavy (non-hydrogen) atoms. The lowest BCUT2D eigenvalue weighted by Crippen LogP contribution is -2.59. The number of carboxylic acid groups (broad SMARTS) is 2. The van der Waals surface area contributed by atoms with Crippen LogP contribution in [-0.4, -0.2) is 69.1 Å². The molecule has 1 saturated heterocycles. The lowest BCUT2D eigenvalue weighted by molar-refractivity contribution is -0.143. The van der Waals surface area contributed by atoms with Crippen molar-refractivity contribution in [2.75, 3.05) is 18.6 Å². The normalized spacial score (nSPS) is 21.7. The molecule has 3 atom stereocenters. The van der Waals surface area contributed by atoms with E-state index in [1.165, 1.54) is 24.3 Å². The van der Waals surface area contributed by atoms with Crippen LogP contribution in [0.25, 0.3) is 0 Å². The van der Waals surface area contributed by atoms with Crippen molar-refractivity contribution in [1.29, 1.82) is 0 Å². The van der Waals surface area contributed by atoms with Crippen molar-refractivity contribution in [3.05, 3.63) is 11.1 Å². The molecule has 0 aromatic carbocycles. The third-order valence-electron chi connectivity index (χ3n) is 3.39. The summed E-state index contributed by atoms with van der Waals surface area (Å²) < 4.78 is 0. The van der Waals surface area contributed by atoms with Gasteiger partial charge in [0.2, 0.25) is 0 Å². The molecule has 2 heterocycles. The second-order valence-corrected chi connectivity index (χ2v) is 7.26. The van der Waals surface area contributed by atoms with Gasteiger partial charge < -0.3 is 26.1 Å². The number of carboxylic acids is 2. The number of nitrogens with zero attached hydrogens (tertiary/aromatic N) is 2. The molecule has 142 valence electrons. The van der Waals surface area contributed by atoms with Crippen molar-refractivity contribution >= 4 is 51.8 Å². The van der Waals surface area contributed by atoms with Crippen molar-refractivity contribution in [2.24, 2.45) is 5.16 Å². The maximum Gasteiger partial charge on any atom is 0.328 e. The van der Waals surface area contributed by atoms with E-state index in [1.54, 1.807) is 0 Å². The SMILES string of the molecule is CO/N=C(/C(=O)N[C@H](C(=O)O)[C@H]1NC(C(=O)O)CCS1)c1csc(N)n1. The molecule has 1 aliphatic rings. The minimum Gasteiger partial charge on any atom is -0.480 e. The van der Waals surface area contributed by atoms with Crippen molar-refractivity contribution in [3.63, 3.8) is 0 Å². The molecule has 0 spiro atoms. The number of carbonyl (C=O) groups excluding carboxylic acids is 1. The fourth-order valence-electron chi connectivity index (χ4n) is 2.20. The van der Waals surface area contributed by atoms with Crippen molar-refractivity contribution in [3.8, 4) is 0 Å². The highest BCUT2D eigenvalue weighted by Crippen LogP contribution is 2.22. The fraction of sp³-hybridized carbons (Fsp3) is 0.462. The van der Waals surface area contributed by atoms with Crippen LogP contribution in [0.1, 0.15) is 12.1 Å². The Morgan fingerprint density at radius 3 is 2.77 bits per heavy atom. The number of anilines is 1. The summed E-state index contributed by atoms with van der Waals surface area (Å²) in [6, 6.07) is -2.27. The van der Waals surface area contributed by atoms with Crippen LogP contribution in [0, 0.1) is 0 Å². The van der Waals surface area contributed by atoms with Crippen LogP contribution >= 0.6 is 23.1 Å². The zero-order valence-electron chi connectivity index (χ0n) is 13.5. The first-order valence-electron chi connectivity index (χ1n) is 7.30. The van der Waals surface area contributed by atoms with Crippen molar-refractivity contribution in [1.82, 2.24) is 15.6 Å². The largest absolute Gasteiger partial charge is 0.480 e. The topological polar surface area (TPSA) is 176 Å². The predicted molar refractivity (Wildman–Crippen MR) is 95.1 cm³/mol. The Labute approximate surface area is 156 Å². The van der Waals surface area contributed by atoms with Crippen LogP contribution in [-0.2, 0) is 19.2 Å². The van der Waals surface area contributed by atoms with Gasteiger partial charge in [0.25, 0.3) is 5.91 Å². The quantitative estimate of drug-likeness (QED) is 0.285. The van der Waals surface area contributed by atoms with Gasteiger partial charge in [0, 0.05) is 5.38 Å². The highest BCUT2D eigenvalue weighted by atomic mass is 32.2. The number of oxime groups is 1. The first kappa shape index (κ1) is 19.9. The predicted octanol–water partition coefficient (Wildman–Crippen LogP) is -0.849. The Morgan fingerprint density at radius 2 is 2.23 bits per heavy atom. The zero-order chi connectivity index (χ0) is 19.3. The molecule has 0 bridgehead atoms. The summed E-state index contributed by atoms with van der Waals surface area (Å²) >= 11 is 2.30. The van der Waals surface area contributed by atoms with E-state index in [2.05, 4.69) is 25.6 Å². The molecule has 1 aliphatic heterocycles. The Balaban J connectivity index is 2.17. The van der Waals surface area contributed by atoms with E-state index >= 15 is 0 Å². The fourth-order valence-corrected chi connectivity index (χ4v) is 4.01. The number of aromatic nitrogens is 1. The smallest absolute Gasteiger partial charge is 0.328 e. The summed E-state index contributed by atoms with van der Waals surface area (Å²) in [5.41, 5.74) is 5.45. The minimum atomic E-state index is -1.38. The molecule has 0 radical (unpaired) electrons. The molecule has 13 heteroatoms. The van der Waals surface area contributed by atoms with Gasteiger partial charge in [-0.15, -0.1) is 23.1 Å². The Kier molecular flexibility index (Phi) is 6.76. The number of aliphatic carboxylic acids is 2. The number of amides is 1. The number of nitrogen functional groups attached to an aromatic ring is 1. The van der Waals surface area contributed by atoms with Gasteiger partial charge in [-0.2, -0.15) is 0 Å². The monoisotopic (exact) mass is 403 g/mol. The number of nitrogens with two attached hydrogens (primary N) is 1. The second kappa shape index (κ2) is 8.82. The Hall–Kier alpha value is -2.38. The minimum absolute atomic E-state index is 0.142. The summed E-state index contributed by atoms with van der Waals surface area (Å²) in [5, 5.41) is 28.1. The van der Waals surface area contributed by atoms with E-state index in [9.17, 15) is 19.5 Å². The third kappa shape index (κ3) is 4.83. The van der Waals surface area contributed by atoms with E-state index in [1.807, 2.05) is 0 Å². The molecular weight excluding hydrogens is 386 g/mol. The van der Waals surface area contributed by atoms with Crippen LogP contribution in [0.15, 0.2) is 10.5 Å². The summed E-state index contributed by atoms with van der Waals surface area (Å²) in [6.45, 7) is 0. The number of carbonyl (C=O) groups is 3. The molecule has 0 saturated carbocycles. The van der Waals surface area contributed by atoms with Gasteiger partial charge in [-0.25, -0.2) is 9.78 Å². The van der Waals surface area contributed by atoms with Crippen LogP contribution in [0.2, 0.25) is 0 Å². The molecule has 1 amide bonds. The van der Waals surface area contributed by atoms with Gasteiger partial charge in [-0.3, -0.25) is 14.9 Å². The van der Waals surface area contributed by atoms with Crippen LogP contribution in [0.5, 0.6) is 0 Å². The summed E-state index contributed by atoms with van der Waals surface area (Å²) in [4.78, 5) is 43.8. The van der Waals surface area contributed by atoms with Crippen LogP contribution in [0.4, 0.5) is 5.13 Å². The Morgan fingerprint density at radius 1 is 1.50 bits per heavy atom. The number of nitrogens with one attached hydrogen (secondary N) is 2. The van der Waals surface area contributed by atoms with Crippen molar-refractivity contribution in [2.45, 2.75) is 23.9 Å². The average molecular weight is 403 g/mol. The second-order valence-electron chi connectivity index (χ2n) is 5.12. The van der Waals surface area contributed by atoms with Gasteiger partial charge in [0.1, 0.15) is 18.8 Å². The molecule has 1 aromatic heterocycles. The molecule has 11 nitrogen and oxygen atoms in total. The van der Waals surface area contributed by atoms with Gasteiger partial charge >= 0.3 is 11.9 Å². The number of thioether (sulfide) groups is 1. The summed E-state index contributed by atoms with van der Waals surface area (Å²) in [7, 11) is 1.23.